The summed E-state index contributed by atoms with van der Waals surface area (Å²) in [5, 5.41) is 9.23. The summed E-state index contributed by atoms with van der Waals surface area (Å²) in [5.74, 6) is 1.69. The molecule has 0 spiro atoms. The molecule has 1 atom stereocenters. The molecule has 0 radical (unpaired) electrons. The Labute approximate surface area is 210 Å². The van der Waals surface area contributed by atoms with Gasteiger partial charge in [0.2, 0.25) is 0 Å². The second-order valence-corrected chi connectivity index (χ2v) is 9.58. The van der Waals surface area contributed by atoms with Crippen LogP contribution in [-0.2, 0) is 13.1 Å². The van der Waals surface area contributed by atoms with Crippen molar-refractivity contribution < 1.29 is 22.3 Å². The van der Waals surface area contributed by atoms with Gasteiger partial charge in [-0.15, -0.1) is 10.2 Å². The van der Waals surface area contributed by atoms with Gasteiger partial charge in [0.05, 0.1) is 25.5 Å². The molecule has 5 rings (SSSR count). The summed E-state index contributed by atoms with van der Waals surface area (Å²) in [6, 6.07) is 4.91. The van der Waals surface area contributed by atoms with Crippen LogP contribution < -0.4 is 9.64 Å². The number of piperidine rings is 1. The third kappa shape index (κ3) is 4.61. The van der Waals surface area contributed by atoms with Crippen LogP contribution in [0.25, 0.3) is 5.69 Å². The van der Waals surface area contributed by atoms with E-state index in [1.807, 2.05) is 15.5 Å². The van der Waals surface area contributed by atoms with Gasteiger partial charge in [-0.3, -0.25) is 9.47 Å². The van der Waals surface area contributed by atoms with Crippen molar-refractivity contribution in [2.75, 3.05) is 25.1 Å². The van der Waals surface area contributed by atoms with Crippen molar-refractivity contribution in [1.29, 1.82) is 0 Å². The van der Waals surface area contributed by atoms with Gasteiger partial charge in [-0.1, -0.05) is 11.6 Å². The van der Waals surface area contributed by atoms with Gasteiger partial charge in [0.25, 0.3) is 0 Å². The van der Waals surface area contributed by atoms with Gasteiger partial charge in [0.1, 0.15) is 17.7 Å². The van der Waals surface area contributed by atoms with Crippen molar-refractivity contribution in [1.82, 2.24) is 24.6 Å². The predicted molar refractivity (Wildman–Crippen MR) is 126 cm³/mol. The van der Waals surface area contributed by atoms with Gasteiger partial charge >= 0.3 is 6.18 Å². The predicted octanol–water partition coefficient (Wildman–Crippen LogP) is 5.11. The first-order chi connectivity index (χ1) is 17.2. The minimum atomic E-state index is -4.38. The first kappa shape index (κ1) is 24.8. The lowest BCUT2D eigenvalue weighted by atomic mass is 9.95. The Kier molecular flexibility index (Phi) is 6.54. The van der Waals surface area contributed by atoms with Crippen molar-refractivity contribution in [3.05, 3.63) is 58.5 Å². The Balaban J connectivity index is 1.45. The van der Waals surface area contributed by atoms with Crippen molar-refractivity contribution in [2.24, 2.45) is 0 Å². The first-order valence-electron chi connectivity index (χ1n) is 11.6. The number of pyridine rings is 1. The molecule has 7 nitrogen and oxygen atoms in total. The Morgan fingerprint density at radius 2 is 1.86 bits per heavy atom. The van der Waals surface area contributed by atoms with E-state index in [1.54, 1.807) is 12.1 Å². The van der Waals surface area contributed by atoms with Gasteiger partial charge < -0.3 is 9.64 Å². The van der Waals surface area contributed by atoms with E-state index in [4.69, 9.17) is 16.3 Å². The van der Waals surface area contributed by atoms with E-state index in [2.05, 4.69) is 15.2 Å². The highest BCUT2D eigenvalue weighted by molar-refractivity contribution is 6.30. The fourth-order valence-corrected chi connectivity index (χ4v) is 5.14. The zero-order valence-corrected chi connectivity index (χ0v) is 20.5. The van der Waals surface area contributed by atoms with Crippen LogP contribution in [0.2, 0.25) is 5.02 Å². The van der Waals surface area contributed by atoms with Crippen LogP contribution in [0.4, 0.5) is 23.4 Å². The molecule has 1 aromatic carbocycles. The molecule has 0 N–H and O–H groups in total. The van der Waals surface area contributed by atoms with E-state index in [1.165, 1.54) is 18.1 Å². The molecule has 0 saturated carbocycles. The summed E-state index contributed by atoms with van der Waals surface area (Å²) in [5.41, 5.74) is 1.44. The molecule has 36 heavy (non-hydrogen) atoms. The molecule has 1 fully saturated rings. The Morgan fingerprint density at radius 3 is 2.56 bits per heavy atom. The molecule has 2 aliphatic heterocycles. The summed E-state index contributed by atoms with van der Waals surface area (Å²) in [6.07, 6.45) is -1.78. The summed E-state index contributed by atoms with van der Waals surface area (Å²) >= 11 is 6.22. The average molecular weight is 525 g/mol. The van der Waals surface area contributed by atoms with E-state index in [0.29, 0.717) is 59.7 Å². The lowest BCUT2D eigenvalue weighted by molar-refractivity contribution is -0.182. The quantitative estimate of drug-likeness (QED) is 0.442. The maximum Gasteiger partial charge on any atom is 0.403 e. The van der Waals surface area contributed by atoms with Gasteiger partial charge in [-0.2, -0.15) is 13.2 Å². The maximum absolute atomic E-state index is 13.6. The number of hydrogen-bond acceptors (Lipinski definition) is 6. The van der Waals surface area contributed by atoms with E-state index in [-0.39, 0.29) is 19.0 Å². The molecule has 2 aliphatic rings. The number of rotatable bonds is 4. The number of halogens is 5. The topological polar surface area (TPSA) is 59.3 Å². The monoisotopic (exact) mass is 524 g/mol. The van der Waals surface area contributed by atoms with Crippen molar-refractivity contribution in [3.8, 4) is 11.4 Å². The Bertz CT molecular complexity index is 1260. The standard InChI is InChI=1S/C24H25ClF4N6O/c1-14(24(27,28)29)34-12-16-9-17(25)3-4-19(16)35-21(13-34)31-32-22(35)15-5-7-33(8-6-15)23-20(36-2)10-18(26)11-30-23/h3-4,9-11,14-15H,5-8,12-13H2,1-2H3. The van der Waals surface area contributed by atoms with Gasteiger partial charge in [0.15, 0.2) is 17.4 Å². The fraction of sp³-hybridized carbons (Fsp3) is 0.458. The van der Waals surface area contributed by atoms with Crippen LogP contribution in [-0.4, -0.2) is 57.1 Å². The zero-order valence-electron chi connectivity index (χ0n) is 19.8. The molecule has 0 bridgehead atoms. The molecular formula is C24H25ClF4N6O. The van der Waals surface area contributed by atoms with Crippen LogP contribution in [0, 0.1) is 5.82 Å². The van der Waals surface area contributed by atoms with Crippen molar-refractivity contribution >= 4 is 17.4 Å². The lowest BCUT2D eigenvalue weighted by Gasteiger charge is -2.33. The highest BCUT2D eigenvalue weighted by atomic mass is 35.5. The number of methoxy groups -OCH3 is 1. The van der Waals surface area contributed by atoms with Crippen molar-refractivity contribution in [2.45, 2.75) is 51.0 Å². The third-order valence-corrected chi connectivity index (χ3v) is 7.19. The number of fused-ring (bicyclic) bond motifs is 3. The average Bonchev–Trinajstić information content (AvgIpc) is 3.18. The van der Waals surface area contributed by atoms with Gasteiger partial charge in [0, 0.05) is 36.6 Å². The summed E-state index contributed by atoms with van der Waals surface area (Å²) in [7, 11) is 1.48. The number of nitrogens with zero attached hydrogens (tertiary/aromatic N) is 6. The van der Waals surface area contributed by atoms with Crippen LogP contribution in [0.1, 0.15) is 42.9 Å². The van der Waals surface area contributed by atoms with Crippen molar-refractivity contribution in [3.63, 3.8) is 0 Å². The minimum Gasteiger partial charge on any atom is -0.493 e. The zero-order chi connectivity index (χ0) is 25.6. The number of alkyl halides is 3. The van der Waals surface area contributed by atoms with Crippen LogP contribution >= 0.6 is 11.6 Å². The molecule has 0 aliphatic carbocycles. The van der Waals surface area contributed by atoms with E-state index >= 15 is 0 Å². The highest BCUT2D eigenvalue weighted by Gasteiger charge is 2.42. The van der Waals surface area contributed by atoms with Crippen LogP contribution in [0.3, 0.4) is 0 Å². The summed E-state index contributed by atoms with van der Waals surface area (Å²) < 4.78 is 61.6. The number of anilines is 1. The summed E-state index contributed by atoms with van der Waals surface area (Å²) in [6.45, 7) is 2.52. The minimum absolute atomic E-state index is 0.00944. The molecular weight excluding hydrogens is 500 g/mol. The largest absolute Gasteiger partial charge is 0.493 e. The van der Waals surface area contributed by atoms with Gasteiger partial charge in [-0.05, 0) is 43.5 Å². The molecule has 2 aromatic heterocycles. The number of aromatic nitrogens is 4. The second-order valence-electron chi connectivity index (χ2n) is 9.15. The lowest BCUT2D eigenvalue weighted by Crippen LogP contribution is -2.42. The number of ether oxygens (including phenoxy) is 1. The fourth-order valence-electron chi connectivity index (χ4n) is 4.95. The van der Waals surface area contributed by atoms with E-state index in [0.717, 1.165) is 18.8 Å². The normalized spacial score (nSPS) is 17.9. The van der Waals surface area contributed by atoms with Crippen LogP contribution in [0.5, 0.6) is 5.75 Å². The smallest absolute Gasteiger partial charge is 0.403 e. The van der Waals surface area contributed by atoms with E-state index < -0.39 is 18.0 Å². The third-order valence-electron chi connectivity index (χ3n) is 6.96. The Hall–Kier alpha value is -2.92. The SMILES string of the molecule is COc1cc(F)cnc1N1CCC(c2nnc3n2-c2ccc(Cl)cc2CN(C(C)C(F)(F)F)C3)CC1. The Morgan fingerprint density at radius 1 is 1.11 bits per heavy atom. The van der Waals surface area contributed by atoms with Gasteiger partial charge in [-0.25, -0.2) is 9.37 Å². The molecule has 3 aromatic rings. The number of benzene rings is 1. The second kappa shape index (κ2) is 9.51. The molecule has 1 unspecified atom stereocenters. The molecule has 192 valence electrons. The molecule has 1 saturated heterocycles. The molecule has 0 amide bonds. The number of hydrogen-bond donors (Lipinski definition) is 0. The molecule has 12 heteroatoms. The maximum atomic E-state index is 13.6. The summed E-state index contributed by atoms with van der Waals surface area (Å²) in [4.78, 5) is 7.59. The van der Waals surface area contributed by atoms with Crippen LogP contribution in [0.15, 0.2) is 30.5 Å². The molecule has 4 heterocycles. The highest BCUT2D eigenvalue weighted by Crippen LogP contribution is 2.37. The van der Waals surface area contributed by atoms with E-state index in [9.17, 15) is 17.6 Å². The first-order valence-corrected chi connectivity index (χ1v) is 12.0.